The maximum atomic E-state index is 10.6. The van der Waals surface area contributed by atoms with Crippen LogP contribution in [0.4, 0.5) is 0 Å². The molecule has 1 saturated carbocycles. The summed E-state index contributed by atoms with van der Waals surface area (Å²) in [6, 6.07) is 10.0. The molecule has 2 heteroatoms. The molecular weight excluding hydrogens is 224 g/mol. The molecule has 1 aromatic carbocycles. The van der Waals surface area contributed by atoms with E-state index < -0.39 is 0 Å². The van der Waals surface area contributed by atoms with E-state index in [1.54, 1.807) is 7.11 Å². The lowest BCUT2D eigenvalue weighted by Crippen LogP contribution is -2.32. The standard InChI is InChI=1S/C16H24O2/c1-12-7-6-10-14(11-12)15(17)16(18-2)13-8-4-3-5-9-13/h3-5,8-9,12,14-17H,6-7,10-11H2,1-2H3. The summed E-state index contributed by atoms with van der Waals surface area (Å²) in [6.07, 6.45) is 4.19. The van der Waals surface area contributed by atoms with Gasteiger partial charge >= 0.3 is 0 Å². The van der Waals surface area contributed by atoms with E-state index in [2.05, 4.69) is 6.92 Å². The van der Waals surface area contributed by atoms with Crippen molar-refractivity contribution in [1.82, 2.24) is 0 Å². The van der Waals surface area contributed by atoms with Crippen molar-refractivity contribution in [2.75, 3.05) is 7.11 Å². The van der Waals surface area contributed by atoms with Crippen molar-refractivity contribution < 1.29 is 9.84 Å². The van der Waals surface area contributed by atoms with Crippen molar-refractivity contribution in [2.24, 2.45) is 11.8 Å². The van der Waals surface area contributed by atoms with Crippen molar-refractivity contribution in [3.63, 3.8) is 0 Å². The molecule has 2 rings (SSSR count). The summed E-state index contributed by atoms with van der Waals surface area (Å²) in [5, 5.41) is 10.6. The van der Waals surface area contributed by atoms with Gasteiger partial charge in [-0.3, -0.25) is 0 Å². The van der Waals surface area contributed by atoms with Gasteiger partial charge in [0.1, 0.15) is 6.10 Å². The van der Waals surface area contributed by atoms with Crippen LogP contribution in [0.25, 0.3) is 0 Å². The van der Waals surface area contributed by atoms with E-state index >= 15 is 0 Å². The molecule has 2 nitrogen and oxygen atoms in total. The predicted molar refractivity (Wildman–Crippen MR) is 73.3 cm³/mol. The van der Waals surface area contributed by atoms with Gasteiger partial charge < -0.3 is 9.84 Å². The molecule has 100 valence electrons. The van der Waals surface area contributed by atoms with Crippen LogP contribution in [0.1, 0.15) is 44.3 Å². The van der Waals surface area contributed by atoms with Gasteiger partial charge in [-0.05, 0) is 30.2 Å². The minimum absolute atomic E-state index is 0.193. The summed E-state index contributed by atoms with van der Waals surface area (Å²) < 4.78 is 5.54. The first-order chi connectivity index (χ1) is 8.72. The number of methoxy groups -OCH3 is 1. The van der Waals surface area contributed by atoms with Gasteiger partial charge in [0.15, 0.2) is 0 Å². The second-order valence-electron chi connectivity index (χ2n) is 5.59. The van der Waals surface area contributed by atoms with Gasteiger partial charge in [-0.2, -0.15) is 0 Å². The third-order valence-corrected chi connectivity index (χ3v) is 4.15. The van der Waals surface area contributed by atoms with E-state index in [0.717, 1.165) is 24.3 Å². The van der Waals surface area contributed by atoms with Gasteiger partial charge in [0.25, 0.3) is 0 Å². The quantitative estimate of drug-likeness (QED) is 0.882. The molecule has 0 amide bonds. The molecule has 1 aliphatic carbocycles. The second-order valence-corrected chi connectivity index (χ2v) is 5.59. The van der Waals surface area contributed by atoms with Gasteiger partial charge in [-0.1, -0.05) is 50.1 Å². The third kappa shape index (κ3) is 3.12. The smallest absolute Gasteiger partial charge is 0.108 e. The molecule has 1 aromatic rings. The summed E-state index contributed by atoms with van der Waals surface area (Å²) in [7, 11) is 1.69. The predicted octanol–water partition coefficient (Wildman–Crippen LogP) is 3.56. The Morgan fingerprint density at radius 1 is 1.22 bits per heavy atom. The minimum atomic E-state index is -0.389. The number of ether oxygens (including phenoxy) is 1. The molecule has 0 spiro atoms. The molecule has 1 fully saturated rings. The fraction of sp³-hybridized carbons (Fsp3) is 0.625. The highest BCUT2D eigenvalue weighted by Gasteiger charge is 2.31. The SMILES string of the molecule is COC(c1ccccc1)C(O)C1CCCC(C)C1. The molecule has 0 bridgehead atoms. The maximum absolute atomic E-state index is 10.6. The zero-order valence-electron chi connectivity index (χ0n) is 11.4. The summed E-state index contributed by atoms with van der Waals surface area (Å²) in [5.74, 6) is 1.10. The van der Waals surface area contributed by atoms with E-state index in [4.69, 9.17) is 4.74 Å². The number of hydrogen-bond acceptors (Lipinski definition) is 2. The Labute approximate surface area is 110 Å². The van der Waals surface area contributed by atoms with Crippen LogP contribution in [-0.2, 0) is 4.74 Å². The van der Waals surface area contributed by atoms with E-state index in [1.807, 2.05) is 30.3 Å². The van der Waals surface area contributed by atoms with Gasteiger partial charge in [0.2, 0.25) is 0 Å². The van der Waals surface area contributed by atoms with Crippen molar-refractivity contribution in [2.45, 2.75) is 44.8 Å². The number of hydrogen-bond donors (Lipinski definition) is 1. The molecule has 0 heterocycles. The van der Waals surface area contributed by atoms with E-state index in [-0.39, 0.29) is 12.2 Å². The second kappa shape index (κ2) is 6.35. The molecule has 0 aliphatic heterocycles. The lowest BCUT2D eigenvalue weighted by atomic mass is 9.77. The van der Waals surface area contributed by atoms with E-state index in [9.17, 15) is 5.11 Å². The Kier molecular flexibility index (Phi) is 4.79. The van der Waals surface area contributed by atoms with Crippen LogP contribution in [0, 0.1) is 11.8 Å². The lowest BCUT2D eigenvalue weighted by Gasteiger charge is -2.34. The van der Waals surface area contributed by atoms with Crippen LogP contribution in [0.3, 0.4) is 0 Å². The van der Waals surface area contributed by atoms with E-state index in [0.29, 0.717) is 5.92 Å². The molecule has 18 heavy (non-hydrogen) atoms. The topological polar surface area (TPSA) is 29.5 Å². The Morgan fingerprint density at radius 3 is 2.56 bits per heavy atom. The van der Waals surface area contributed by atoms with Gasteiger partial charge in [-0.25, -0.2) is 0 Å². The first-order valence-corrected chi connectivity index (χ1v) is 6.98. The van der Waals surface area contributed by atoms with Crippen LogP contribution < -0.4 is 0 Å². The zero-order chi connectivity index (χ0) is 13.0. The number of rotatable bonds is 4. The fourth-order valence-corrected chi connectivity index (χ4v) is 3.15. The van der Waals surface area contributed by atoms with Gasteiger partial charge in [0, 0.05) is 7.11 Å². The van der Waals surface area contributed by atoms with Crippen molar-refractivity contribution in [3.8, 4) is 0 Å². The van der Waals surface area contributed by atoms with Gasteiger partial charge in [-0.15, -0.1) is 0 Å². The van der Waals surface area contributed by atoms with Crippen LogP contribution in [0.15, 0.2) is 30.3 Å². The Balaban J connectivity index is 2.07. The van der Waals surface area contributed by atoms with Crippen molar-refractivity contribution in [1.29, 1.82) is 0 Å². The summed E-state index contributed by atoms with van der Waals surface area (Å²) >= 11 is 0. The van der Waals surface area contributed by atoms with Crippen LogP contribution in [0.2, 0.25) is 0 Å². The summed E-state index contributed by atoms with van der Waals surface area (Å²) in [6.45, 7) is 2.28. The highest BCUT2D eigenvalue weighted by Crippen LogP contribution is 2.36. The molecule has 0 radical (unpaired) electrons. The summed E-state index contributed by atoms with van der Waals surface area (Å²) in [4.78, 5) is 0. The van der Waals surface area contributed by atoms with Crippen LogP contribution in [-0.4, -0.2) is 18.3 Å². The first-order valence-electron chi connectivity index (χ1n) is 6.98. The van der Waals surface area contributed by atoms with Crippen LogP contribution in [0.5, 0.6) is 0 Å². The Morgan fingerprint density at radius 2 is 1.94 bits per heavy atom. The molecular formula is C16H24O2. The first kappa shape index (κ1) is 13.6. The fourth-order valence-electron chi connectivity index (χ4n) is 3.15. The average Bonchev–Trinajstić information content (AvgIpc) is 2.41. The minimum Gasteiger partial charge on any atom is -0.390 e. The molecule has 1 N–H and O–H groups in total. The number of benzene rings is 1. The highest BCUT2D eigenvalue weighted by atomic mass is 16.5. The molecule has 0 aromatic heterocycles. The average molecular weight is 248 g/mol. The number of aliphatic hydroxyl groups excluding tert-OH is 1. The monoisotopic (exact) mass is 248 g/mol. The normalized spacial score (nSPS) is 27.7. The largest absolute Gasteiger partial charge is 0.390 e. The van der Waals surface area contributed by atoms with Gasteiger partial charge in [0.05, 0.1) is 6.10 Å². The molecule has 0 saturated heterocycles. The molecule has 1 aliphatic rings. The zero-order valence-corrected chi connectivity index (χ0v) is 11.4. The lowest BCUT2D eigenvalue weighted by molar-refractivity contribution is -0.0553. The third-order valence-electron chi connectivity index (χ3n) is 4.15. The van der Waals surface area contributed by atoms with E-state index in [1.165, 1.54) is 12.8 Å². The summed E-state index contributed by atoms with van der Waals surface area (Å²) in [5.41, 5.74) is 1.07. The van der Waals surface area contributed by atoms with Crippen molar-refractivity contribution >= 4 is 0 Å². The van der Waals surface area contributed by atoms with Crippen molar-refractivity contribution in [3.05, 3.63) is 35.9 Å². The Hall–Kier alpha value is -0.860. The number of aliphatic hydroxyl groups is 1. The molecule has 4 atom stereocenters. The maximum Gasteiger partial charge on any atom is 0.108 e. The molecule has 4 unspecified atom stereocenters. The van der Waals surface area contributed by atoms with Crippen LogP contribution >= 0.6 is 0 Å². The highest BCUT2D eigenvalue weighted by molar-refractivity contribution is 5.19. The Bertz CT molecular complexity index is 349.